The van der Waals surface area contributed by atoms with Gasteiger partial charge in [-0.15, -0.1) is 0 Å². The van der Waals surface area contributed by atoms with Crippen molar-refractivity contribution in [1.29, 1.82) is 0 Å². The van der Waals surface area contributed by atoms with Crippen molar-refractivity contribution in [3.05, 3.63) is 0 Å². The van der Waals surface area contributed by atoms with Crippen LogP contribution >= 0.6 is 0 Å². The Morgan fingerprint density at radius 3 is 2.33 bits per heavy atom. The molecule has 8 heteroatoms. The molecule has 0 aromatic carbocycles. The predicted octanol–water partition coefficient (Wildman–Crippen LogP) is -0.605. The fraction of sp³-hybridized carbons (Fsp3) is 0.846. The van der Waals surface area contributed by atoms with E-state index in [1.54, 1.807) is 11.9 Å². The molecular formula is C13H23N3O4S. The van der Waals surface area contributed by atoms with Crippen LogP contribution in [-0.2, 0) is 19.6 Å². The van der Waals surface area contributed by atoms with Gasteiger partial charge in [-0.05, 0) is 19.3 Å². The number of rotatable bonds is 3. The summed E-state index contributed by atoms with van der Waals surface area (Å²) in [5, 5.41) is 2.96. The number of nitrogens with zero attached hydrogens (tertiary/aromatic N) is 2. The Morgan fingerprint density at radius 2 is 1.81 bits per heavy atom. The predicted molar refractivity (Wildman–Crippen MR) is 77.9 cm³/mol. The van der Waals surface area contributed by atoms with Crippen molar-refractivity contribution in [2.24, 2.45) is 5.92 Å². The first-order chi connectivity index (χ1) is 9.77. The van der Waals surface area contributed by atoms with E-state index < -0.39 is 10.0 Å². The van der Waals surface area contributed by atoms with Crippen molar-refractivity contribution in [1.82, 2.24) is 14.5 Å². The third-order valence-corrected chi connectivity index (χ3v) is 5.60. The van der Waals surface area contributed by atoms with Crippen LogP contribution < -0.4 is 5.32 Å². The molecule has 2 heterocycles. The average Bonchev–Trinajstić information content (AvgIpc) is 2.41. The molecule has 1 N–H and O–H groups in total. The van der Waals surface area contributed by atoms with Gasteiger partial charge in [-0.3, -0.25) is 9.59 Å². The Bertz CT molecular complexity index is 512. The maximum Gasteiger partial charge on any atom is 0.223 e. The monoisotopic (exact) mass is 317 g/mol. The van der Waals surface area contributed by atoms with Gasteiger partial charge in [-0.2, -0.15) is 0 Å². The van der Waals surface area contributed by atoms with Gasteiger partial charge in [0.2, 0.25) is 21.8 Å². The zero-order valence-electron chi connectivity index (χ0n) is 12.5. The van der Waals surface area contributed by atoms with Gasteiger partial charge in [-0.1, -0.05) is 0 Å². The van der Waals surface area contributed by atoms with Crippen LogP contribution in [0.4, 0.5) is 0 Å². The first-order valence-corrected chi connectivity index (χ1v) is 9.11. The van der Waals surface area contributed by atoms with E-state index in [9.17, 15) is 18.0 Å². The molecule has 0 saturated carbocycles. The molecule has 0 unspecified atom stereocenters. The summed E-state index contributed by atoms with van der Waals surface area (Å²) in [6.07, 6.45) is 3.41. The quantitative estimate of drug-likeness (QED) is 0.753. The van der Waals surface area contributed by atoms with Crippen molar-refractivity contribution < 1.29 is 18.0 Å². The number of sulfonamides is 1. The molecule has 120 valence electrons. The number of hydrogen-bond donors (Lipinski definition) is 1. The molecule has 2 aliphatic rings. The topological polar surface area (TPSA) is 86.8 Å². The number of amides is 2. The molecule has 2 rings (SSSR count). The first-order valence-electron chi connectivity index (χ1n) is 7.27. The number of carbonyl (C=O) groups excluding carboxylic acids is 2. The summed E-state index contributed by atoms with van der Waals surface area (Å²) in [6.45, 7) is 1.50. The van der Waals surface area contributed by atoms with E-state index in [1.807, 2.05) is 0 Å². The van der Waals surface area contributed by atoms with Crippen LogP contribution in [0.5, 0.6) is 0 Å². The number of piperidine rings is 2. The Hall–Kier alpha value is -1.15. The number of hydrogen-bond acceptors (Lipinski definition) is 4. The molecule has 2 saturated heterocycles. The molecule has 1 atom stereocenters. The van der Waals surface area contributed by atoms with Crippen molar-refractivity contribution in [3.8, 4) is 0 Å². The van der Waals surface area contributed by atoms with E-state index in [1.165, 1.54) is 10.6 Å². The summed E-state index contributed by atoms with van der Waals surface area (Å²) in [6, 6.07) is 0.00487. The molecular weight excluding hydrogens is 294 g/mol. The average molecular weight is 317 g/mol. The number of nitrogens with one attached hydrogen (secondary N) is 1. The molecule has 21 heavy (non-hydrogen) atoms. The van der Waals surface area contributed by atoms with Gasteiger partial charge in [0.05, 0.1) is 6.26 Å². The molecule has 7 nitrogen and oxygen atoms in total. The van der Waals surface area contributed by atoms with Crippen LogP contribution in [0.1, 0.15) is 25.7 Å². The second kappa shape index (κ2) is 6.31. The normalized spacial score (nSPS) is 25.9. The minimum atomic E-state index is -3.14. The summed E-state index contributed by atoms with van der Waals surface area (Å²) in [4.78, 5) is 25.5. The summed E-state index contributed by atoms with van der Waals surface area (Å²) in [5.41, 5.74) is 0. The van der Waals surface area contributed by atoms with Crippen LogP contribution in [0.15, 0.2) is 0 Å². The maximum absolute atomic E-state index is 12.2. The van der Waals surface area contributed by atoms with E-state index in [0.717, 1.165) is 0 Å². The third-order valence-electron chi connectivity index (χ3n) is 4.30. The molecule has 0 aliphatic carbocycles. The van der Waals surface area contributed by atoms with Crippen LogP contribution in [0, 0.1) is 5.92 Å². The second-order valence-electron chi connectivity index (χ2n) is 5.95. The van der Waals surface area contributed by atoms with Gasteiger partial charge in [0, 0.05) is 45.1 Å². The Kier molecular flexibility index (Phi) is 4.88. The lowest BCUT2D eigenvalue weighted by molar-refractivity contribution is -0.139. The largest absolute Gasteiger partial charge is 0.353 e. The minimum absolute atomic E-state index is 0.00487. The Balaban J connectivity index is 1.81. The highest BCUT2D eigenvalue weighted by atomic mass is 32.2. The fourth-order valence-electron chi connectivity index (χ4n) is 2.82. The molecule has 0 aromatic rings. The summed E-state index contributed by atoms with van der Waals surface area (Å²) in [7, 11) is -1.39. The van der Waals surface area contributed by atoms with Crippen LogP contribution in [0.25, 0.3) is 0 Å². The molecule has 2 amide bonds. The highest BCUT2D eigenvalue weighted by Crippen LogP contribution is 2.19. The lowest BCUT2D eigenvalue weighted by Gasteiger charge is -2.33. The zero-order valence-corrected chi connectivity index (χ0v) is 13.4. The highest BCUT2D eigenvalue weighted by molar-refractivity contribution is 7.88. The van der Waals surface area contributed by atoms with E-state index in [2.05, 4.69) is 5.32 Å². The lowest BCUT2D eigenvalue weighted by atomic mass is 9.94. The second-order valence-corrected chi connectivity index (χ2v) is 7.93. The van der Waals surface area contributed by atoms with Gasteiger partial charge in [0.25, 0.3) is 0 Å². The summed E-state index contributed by atoms with van der Waals surface area (Å²) >= 11 is 0. The molecule has 0 radical (unpaired) electrons. The van der Waals surface area contributed by atoms with E-state index in [4.69, 9.17) is 0 Å². The minimum Gasteiger partial charge on any atom is -0.353 e. The standard InChI is InChI=1S/C13H23N3O4S/c1-15-6-3-10(9-12(15)17)13(18)14-11-4-7-16(8-5-11)21(2,19)20/h10-11H,3-9H2,1-2H3,(H,14,18)/t10-/m1/s1. The zero-order chi connectivity index (χ0) is 15.6. The van der Waals surface area contributed by atoms with E-state index in [-0.39, 0.29) is 30.2 Å². The van der Waals surface area contributed by atoms with Gasteiger partial charge in [-0.25, -0.2) is 12.7 Å². The van der Waals surface area contributed by atoms with Crippen molar-refractivity contribution in [2.45, 2.75) is 31.7 Å². The van der Waals surface area contributed by atoms with Crippen molar-refractivity contribution in [3.63, 3.8) is 0 Å². The third kappa shape index (κ3) is 4.16. The SMILES string of the molecule is CN1CC[C@@H](C(=O)NC2CCN(S(C)(=O)=O)CC2)CC1=O. The summed E-state index contributed by atoms with van der Waals surface area (Å²) < 4.78 is 24.3. The van der Waals surface area contributed by atoms with Crippen LogP contribution in [0.2, 0.25) is 0 Å². The smallest absolute Gasteiger partial charge is 0.223 e. The maximum atomic E-state index is 12.2. The first kappa shape index (κ1) is 16.2. The van der Waals surface area contributed by atoms with E-state index >= 15 is 0 Å². The van der Waals surface area contributed by atoms with Crippen molar-refractivity contribution >= 4 is 21.8 Å². The van der Waals surface area contributed by atoms with Crippen LogP contribution in [-0.4, -0.2) is 68.4 Å². The van der Waals surface area contributed by atoms with Gasteiger partial charge >= 0.3 is 0 Å². The summed E-state index contributed by atoms with van der Waals surface area (Å²) in [5.74, 6) is -0.316. The van der Waals surface area contributed by atoms with Gasteiger partial charge in [0.1, 0.15) is 0 Å². The van der Waals surface area contributed by atoms with Crippen molar-refractivity contribution in [2.75, 3.05) is 32.9 Å². The number of carbonyl (C=O) groups is 2. The van der Waals surface area contributed by atoms with E-state index in [0.29, 0.717) is 38.9 Å². The molecule has 0 aromatic heterocycles. The van der Waals surface area contributed by atoms with Crippen LogP contribution in [0.3, 0.4) is 0 Å². The molecule has 2 fully saturated rings. The lowest BCUT2D eigenvalue weighted by Crippen LogP contribution is -2.49. The Morgan fingerprint density at radius 1 is 1.19 bits per heavy atom. The van der Waals surface area contributed by atoms with Gasteiger partial charge in [0.15, 0.2) is 0 Å². The molecule has 0 spiro atoms. The van der Waals surface area contributed by atoms with Gasteiger partial charge < -0.3 is 10.2 Å². The molecule has 2 aliphatic heterocycles. The Labute approximate surface area is 125 Å². The number of likely N-dealkylation sites (tertiary alicyclic amines) is 1. The fourth-order valence-corrected chi connectivity index (χ4v) is 3.69. The highest BCUT2D eigenvalue weighted by Gasteiger charge is 2.31. The molecule has 0 bridgehead atoms.